The maximum absolute atomic E-state index is 2.61. The van der Waals surface area contributed by atoms with Crippen molar-refractivity contribution in [2.75, 3.05) is 0 Å². The molecular weight excluding hydrogens is 216 g/mol. The Morgan fingerprint density at radius 1 is 0.778 bits per heavy atom. The molecule has 0 N–H and O–H groups in total. The molecule has 3 rings (SSSR count). The molecule has 0 heterocycles. The van der Waals surface area contributed by atoms with Crippen LogP contribution in [-0.2, 0) is 0 Å². The van der Waals surface area contributed by atoms with Gasteiger partial charge in [0, 0.05) is 0 Å². The first-order valence-electron chi connectivity index (χ1n) is 8.78. The van der Waals surface area contributed by atoms with Gasteiger partial charge < -0.3 is 0 Å². The zero-order valence-corrected chi connectivity index (χ0v) is 12.4. The summed E-state index contributed by atoms with van der Waals surface area (Å²) in [6.45, 7) is 2.61. The standard InChI is InChI=1S/C18H32/c1-18-13-5-9-16(17(18)10-6-14-18)12-11-15-7-3-2-4-8-15/h15-17H,2-14H2,1H3/t16-,17-,18+/m0/s1. The lowest BCUT2D eigenvalue weighted by molar-refractivity contribution is 0.0781. The molecule has 0 nitrogen and oxygen atoms in total. The van der Waals surface area contributed by atoms with Crippen LogP contribution >= 0.6 is 0 Å². The molecule has 0 spiro atoms. The van der Waals surface area contributed by atoms with Gasteiger partial charge in [-0.2, -0.15) is 0 Å². The van der Waals surface area contributed by atoms with E-state index in [1.807, 2.05) is 0 Å². The smallest absolute Gasteiger partial charge is 0.0295 e. The van der Waals surface area contributed by atoms with Gasteiger partial charge in [-0.15, -0.1) is 0 Å². The second-order valence-electron chi connectivity index (χ2n) is 7.89. The maximum atomic E-state index is 2.61. The van der Waals surface area contributed by atoms with Gasteiger partial charge in [0.15, 0.2) is 0 Å². The Labute approximate surface area is 114 Å². The SMILES string of the molecule is C[C@]12CCC[C@@H](CCC3CCCCC3)[C@@H]1CCC2. The van der Waals surface area contributed by atoms with Gasteiger partial charge in [-0.05, 0) is 48.9 Å². The van der Waals surface area contributed by atoms with Crippen LogP contribution in [0.5, 0.6) is 0 Å². The van der Waals surface area contributed by atoms with Crippen LogP contribution in [0.25, 0.3) is 0 Å². The molecule has 18 heavy (non-hydrogen) atoms. The first-order chi connectivity index (χ1) is 8.78. The predicted octanol–water partition coefficient (Wildman–Crippen LogP) is 5.95. The lowest BCUT2D eigenvalue weighted by Gasteiger charge is -2.42. The van der Waals surface area contributed by atoms with Crippen molar-refractivity contribution in [3.05, 3.63) is 0 Å². The Hall–Kier alpha value is 0. The van der Waals surface area contributed by atoms with Crippen LogP contribution < -0.4 is 0 Å². The lowest BCUT2D eigenvalue weighted by atomic mass is 9.63. The van der Waals surface area contributed by atoms with Gasteiger partial charge in [0.1, 0.15) is 0 Å². The van der Waals surface area contributed by atoms with Gasteiger partial charge in [-0.3, -0.25) is 0 Å². The van der Waals surface area contributed by atoms with Crippen molar-refractivity contribution in [3.8, 4) is 0 Å². The van der Waals surface area contributed by atoms with Crippen molar-refractivity contribution in [2.45, 2.75) is 90.4 Å². The Balaban J connectivity index is 1.52. The van der Waals surface area contributed by atoms with Crippen LogP contribution in [0, 0.1) is 23.2 Å². The topological polar surface area (TPSA) is 0 Å². The van der Waals surface area contributed by atoms with E-state index in [0.717, 1.165) is 23.2 Å². The molecule has 104 valence electrons. The molecule has 0 radical (unpaired) electrons. The van der Waals surface area contributed by atoms with Crippen molar-refractivity contribution in [2.24, 2.45) is 23.2 Å². The fourth-order valence-electron chi connectivity index (χ4n) is 5.62. The van der Waals surface area contributed by atoms with Crippen LogP contribution in [-0.4, -0.2) is 0 Å². The molecule has 3 atom stereocenters. The highest BCUT2D eigenvalue weighted by Crippen LogP contribution is 2.55. The monoisotopic (exact) mass is 248 g/mol. The summed E-state index contributed by atoms with van der Waals surface area (Å²) in [5.41, 5.74) is 0.759. The lowest BCUT2D eigenvalue weighted by Crippen LogP contribution is -2.33. The molecule has 0 amide bonds. The van der Waals surface area contributed by atoms with E-state index in [-0.39, 0.29) is 0 Å². The minimum atomic E-state index is 0.759. The van der Waals surface area contributed by atoms with E-state index in [9.17, 15) is 0 Å². The van der Waals surface area contributed by atoms with Gasteiger partial charge in [0.05, 0.1) is 0 Å². The molecule has 3 saturated carbocycles. The normalized spacial score (nSPS) is 41.8. The summed E-state index contributed by atoms with van der Waals surface area (Å²) >= 11 is 0. The van der Waals surface area contributed by atoms with Gasteiger partial charge in [-0.1, -0.05) is 64.7 Å². The number of hydrogen-bond donors (Lipinski definition) is 0. The van der Waals surface area contributed by atoms with E-state index in [1.54, 1.807) is 38.5 Å². The third kappa shape index (κ3) is 2.63. The first kappa shape index (κ1) is 13.0. The Morgan fingerprint density at radius 2 is 1.50 bits per heavy atom. The van der Waals surface area contributed by atoms with E-state index in [0.29, 0.717) is 0 Å². The summed E-state index contributed by atoms with van der Waals surface area (Å²) in [6.07, 6.45) is 20.1. The largest absolute Gasteiger partial charge is 0.0594 e. The van der Waals surface area contributed by atoms with Gasteiger partial charge in [0.2, 0.25) is 0 Å². The Bertz CT molecular complexity index is 263. The van der Waals surface area contributed by atoms with Crippen LogP contribution in [0.3, 0.4) is 0 Å². The van der Waals surface area contributed by atoms with E-state index < -0.39 is 0 Å². The quantitative estimate of drug-likeness (QED) is 0.578. The summed E-state index contributed by atoms with van der Waals surface area (Å²) in [6, 6.07) is 0. The Morgan fingerprint density at radius 3 is 2.28 bits per heavy atom. The zero-order chi connectivity index (χ0) is 12.4. The van der Waals surface area contributed by atoms with Gasteiger partial charge in [0.25, 0.3) is 0 Å². The van der Waals surface area contributed by atoms with Crippen LogP contribution in [0.15, 0.2) is 0 Å². The highest BCUT2D eigenvalue weighted by atomic mass is 14.5. The minimum absolute atomic E-state index is 0.759. The van der Waals surface area contributed by atoms with Crippen molar-refractivity contribution < 1.29 is 0 Å². The molecule has 0 aromatic rings. The van der Waals surface area contributed by atoms with Crippen molar-refractivity contribution in [1.82, 2.24) is 0 Å². The zero-order valence-electron chi connectivity index (χ0n) is 12.4. The molecule has 0 aliphatic heterocycles. The van der Waals surface area contributed by atoms with E-state index in [2.05, 4.69) is 6.92 Å². The van der Waals surface area contributed by atoms with Crippen LogP contribution in [0.2, 0.25) is 0 Å². The third-order valence-corrected chi connectivity index (χ3v) is 6.72. The maximum Gasteiger partial charge on any atom is -0.0295 e. The molecule has 0 aromatic heterocycles. The van der Waals surface area contributed by atoms with Crippen molar-refractivity contribution >= 4 is 0 Å². The average molecular weight is 248 g/mol. The molecule has 0 unspecified atom stereocenters. The molecule has 0 aromatic carbocycles. The second-order valence-corrected chi connectivity index (χ2v) is 7.89. The molecule has 3 aliphatic carbocycles. The fourth-order valence-corrected chi connectivity index (χ4v) is 5.62. The molecule has 0 bridgehead atoms. The highest BCUT2D eigenvalue weighted by molar-refractivity contribution is 4.95. The summed E-state index contributed by atoms with van der Waals surface area (Å²) < 4.78 is 0. The van der Waals surface area contributed by atoms with Crippen molar-refractivity contribution in [1.29, 1.82) is 0 Å². The summed E-state index contributed by atoms with van der Waals surface area (Å²) in [5, 5.41) is 0. The molecule has 3 fully saturated rings. The first-order valence-corrected chi connectivity index (χ1v) is 8.78. The number of rotatable bonds is 3. The van der Waals surface area contributed by atoms with Crippen LogP contribution in [0.1, 0.15) is 90.4 Å². The molecule has 0 saturated heterocycles. The molecular formula is C18H32. The Kier molecular flexibility index (Phi) is 4.01. The van der Waals surface area contributed by atoms with E-state index in [1.165, 1.54) is 44.9 Å². The van der Waals surface area contributed by atoms with Crippen molar-refractivity contribution in [3.63, 3.8) is 0 Å². The molecule has 3 aliphatic rings. The van der Waals surface area contributed by atoms with Gasteiger partial charge in [-0.25, -0.2) is 0 Å². The summed E-state index contributed by atoms with van der Waals surface area (Å²) in [7, 11) is 0. The average Bonchev–Trinajstić information content (AvgIpc) is 2.79. The minimum Gasteiger partial charge on any atom is -0.0594 e. The third-order valence-electron chi connectivity index (χ3n) is 6.72. The van der Waals surface area contributed by atoms with E-state index >= 15 is 0 Å². The molecule has 0 heteroatoms. The second kappa shape index (κ2) is 5.55. The number of hydrogen-bond acceptors (Lipinski definition) is 0. The van der Waals surface area contributed by atoms with Gasteiger partial charge >= 0.3 is 0 Å². The van der Waals surface area contributed by atoms with E-state index in [4.69, 9.17) is 0 Å². The summed E-state index contributed by atoms with van der Waals surface area (Å²) in [5.74, 6) is 3.32. The van der Waals surface area contributed by atoms with Crippen LogP contribution in [0.4, 0.5) is 0 Å². The predicted molar refractivity (Wildman–Crippen MR) is 78.6 cm³/mol. The number of fused-ring (bicyclic) bond motifs is 1. The fraction of sp³-hybridized carbons (Fsp3) is 1.00. The summed E-state index contributed by atoms with van der Waals surface area (Å²) in [4.78, 5) is 0. The highest BCUT2D eigenvalue weighted by Gasteiger charge is 2.44.